The van der Waals surface area contributed by atoms with Gasteiger partial charge in [0.25, 0.3) is 0 Å². The van der Waals surface area contributed by atoms with E-state index in [1.807, 2.05) is 18.5 Å². The van der Waals surface area contributed by atoms with Gasteiger partial charge in [0.05, 0.1) is 24.0 Å². The molecule has 3 aromatic rings. The molecule has 0 radical (unpaired) electrons. The molecule has 30 heavy (non-hydrogen) atoms. The van der Waals surface area contributed by atoms with E-state index in [4.69, 9.17) is 0 Å². The molecular formula is C22H29N7O. The number of anilines is 2. The number of rotatable bonds is 6. The van der Waals surface area contributed by atoms with E-state index in [1.165, 1.54) is 5.56 Å². The van der Waals surface area contributed by atoms with Gasteiger partial charge >= 0.3 is 0 Å². The van der Waals surface area contributed by atoms with Crippen molar-refractivity contribution in [1.82, 2.24) is 19.9 Å². The second-order valence-corrected chi connectivity index (χ2v) is 8.61. The van der Waals surface area contributed by atoms with Crippen molar-refractivity contribution in [2.75, 3.05) is 17.2 Å². The van der Waals surface area contributed by atoms with Gasteiger partial charge in [0.2, 0.25) is 5.95 Å². The van der Waals surface area contributed by atoms with Crippen LogP contribution in [0.4, 0.5) is 11.8 Å². The second kappa shape index (κ2) is 8.28. The van der Waals surface area contributed by atoms with Crippen LogP contribution in [-0.4, -0.2) is 43.7 Å². The molecule has 0 amide bonds. The summed E-state index contributed by atoms with van der Waals surface area (Å²) in [5, 5.41) is 27.5. The topological polar surface area (TPSA) is 123 Å². The van der Waals surface area contributed by atoms with Crippen molar-refractivity contribution in [2.45, 2.75) is 51.7 Å². The first kappa shape index (κ1) is 20.1. The third-order valence-corrected chi connectivity index (χ3v) is 5.96. The molecule has 4 N–H and O–H groups in total. The molecule has 3 heterocycles. The lowest BCUT2D eigenvalue weighted by atomic mass is 9.73. The second-order valence-electron chi connectivity index (χ2n) is 8.61. The Labute approximate surface area is 177 Å². The molecule has 4 rings (SSSR count). The predicted molar refractivity (Wildman–Crippen MR) is 118 cm³/mol. The largest absolute Gasteiger partial charge is 0.393 e. The molecule has 0 bridgehead atoms. The first-order chi connectivity index (χ1) is 14.5. The smallest absolute Gasteiger partial charge is 0.224 e. The van der Waals surface area contributed by atoms with Crippen LogP contribution >= 0.6 is 0 Å². The minimum atomic E-state index is -0.297. The van der Waals surface area contributed by atoms with Gasteiger partial charge < -0.3 is 20.7 Å². The molecule has 1 aliphatic carbocycles. The summed E-state index contributed by atoms with van der Waals surface area (Å²) < 4.78 is 0. The molecule has 2 atom stereocenters. The fraction of sp³-hybridized carbons (Fsp3) is 0.455. The van der Waals surface area contributed by atoms with Gasteiger partial charge in [-0.25, -0.2) is 4.98 Å². The Kier molecular flexibility index (Phi) is 5.55. The van der Waals surface area contributed by atoms with Crippen molar-refractivity contribution >= 4 is 22.7 Å². The van der Waals surface area contributed by atoms with Crippen LogP contribution in [0.2, 0.25) is 0 Å². The van der Waals surface area contributed by atoms with Gasteiger partial charge in [-0.1, -0.05) is 13.8 Å². The van der Waals surface area contributed by atoms with Gasteiger partial charge in [-0.05, 0) is 42.7 Å². The van der Waals surface area contributed by atoms with Crippen LogP contribution in [0, 0.1) is 16.7 Å². The van der Waals surface area contributed by atoms with Crippen molar-refractivity contribution in [2.24, 2.45) is 5.41 Å². The van der Waals surface area contributed by atoms with Gasteiger partial charge in [0.1, 0.15) is 17.5 Å². The Morgan fingerprint density at radius 1 is 1.37 bits per heavy atom. The number of nitrogens with zero attached hydrogens (tertiary/aromatic N) is 4. The average Bonchev–Trinajstić information content (AvgIpc) is 3.14. The van der Waals surface area contributed by atoms with Gasteiger partial charge in [0.15, 0.2) is 0 Å². The lowest BCUT2D eigenvalue weighted by Gasteiger charge is -2.40. The number of nitriles is 1. The lowest BCUT2D eigenvalue weighted by Crippen LogP contribution is -2.41. The third kappa shape index (κ3) is 4.21. The minimum absolute atomic E-state index is 0. The number of fused-ring (bicyclic) bond motifs is 1. The zero-order valence-electron chi connectivity index (χ0n) is 17.3. The predicted octanol–water partition coefficient (Wildman–Crippen LogP) is 3.48. The number of aromatic nitrogens is 4. The molecule has 3 aromatic heterocycles. The van der Waals surface area contributed by atoms with Crippen molar-refractivity contribution in [3.05, 3.63) is 42.0 Å². The highest BCUT2D eigenvalue weighted by molar-refractivity contribution is 5.82. The third-order valence-electron chi connectivity index (χ3n) is 5.96. The van der Waals surface area contributed by atoms with Crippen LogP contribution in [0.25, 0.3) is 10.9 Å². The number of hydrogen-bond donors (Lipinski definition) is 4. The number of aliphatic hydroxyl groups is 1. The van der Waals surface area contributed by atoms with Crippen LogP contribution in [0.5, 0.6) is 0 Å². The van der Waals surface area contributed by atoms with E-state index in [9.17, 15) is 10.4 Å². The molecule has 1 aliphatic rings. The maximum atomic E-state index is 10.2. The van der Waals surface area contributed by atoms with Crippen LogP contribution < -0.4 is 10.6 Å². The first-order valence-corrected chi connectivity index (χ1v) is 10.3. The standard InChI is InChI=1S/C22H27N7O.H2/c1-22(2)9-16(3-4-19(22)30)28-20-15(10-23)12-27-21(29-20)25-8-5-14-11-26-18-13-24-7-6-17(14)18;/h6-7,11-13,16,19,26,30H,3-5,8-9H2,1-2H3,(H2,25,27,28,29);1H/t16-,19+;/m1./s1. The van der Waals surface area contributed by atoms with Gasteiger partial charge in [0, 0.05) is 31.8 Å². The molecule has 0 spiro atoms. The number of nitrogens with one attached hydrogen (secondary N) is 3. The Hall–Kier alpha value is -3.18. The molecular weight excluding hydrogens is 378 g/mol. The van der Waals surface area contributed by atoms with E-state index in [0.29, 0.717) is 23.9 Å². The fourth-order valence-electron chi connectivity index (χ4n) is 4.15. The SMILES string of the molecule is CC1(C)C[C@H](Nc2nc(NCCc3c[nH]c4cnccc34)ncc2C#N)CC[C@@H]1O.[HH]. The molecule has 0 aromatic carbocycles. The lowest BCUT2D eigenvalue weighted by molar-refractivity contribution is 0.00926. The summed E-state index contributed by atoms with van der Waals surface area (Å²) >= 11 is 0. The Morgan fingerprint density at radius 2 is 2.23 bits per heavy atom. The molecule has 8 heteroatoms. The quantitative estimate of drug-likeness (QED) is 0.493. The highest BCUT2D eigenvalue weighted by Crippen LogP contribution is 2.37. The first-order valence-electron chi connectivity index (χ1n) is 10.3. The van der Waals surface area contributed by atoms with E-state index in [-0.39, 0.29) is 19.0 Å². The maximum Gasteiger partial charge on any atom is 0.224 e. The zero-order valence-corrected chi connectivity index (χ0v) is 17.3. The summed E-state index contributed by atoms with van der Waals surface area (Å²) in [5.74, 6) is 1.04. The molecule has 8 nitrogen and oxygen atoms in total. The summed E-state index contributed by atoms with van der Waals surface area (Å²) in [6.07, 6.45) is 10.1. The van der Waals surface area contributed by atoms with E-state index in [1.54, 1.807) is 12.4 Å². The van der Waals surface area contributed by atoms with Gasteiger partial charge in [-0.15, -0.1) is 0 Å². The van der Waals surface area contributed by atoms with E-state index in [2.05, 4.69) is 50.5 Å². The molecule has 1 saturated carbocycles. The van der Waals surface area contributed by atoms with E-state index < -0.39 is 0 Å². The van der Waals surface area contributed by atoms with Crippen molar-refractivity contribution < 1.29 is 6.53 Å². The maximum absolute atomic E-state index is 10.2. The fourth-order valence-corrected chi connectivity index (χ4v) is 4.15. The van der Waals surface area contributed by atoms with Crippen LogP contribution in [-0.2, 0) is 6.42 Å². The summed E-state index contributed by atoms with van der Waals surface area (Å²) in [7, 11) is 0. The minimum Gasteiger partial charge on any atom is -0.393 e. The van der Waals surface area contributed by atoms with Crippen LogP contribution in [0.1, 0.15) is 45.7 Å². The monoisotopic (exact) mass is 407 g/mol. The number of hydrogen-bond acceptors (Lipinski definition) is 7. The Bertz CT molecular complexity index is 1080. The Morgan fingerprint density at radius 3 is 3.03 bits per heavy atom. The normalized spacial score (nSPS) is 20.6. The summed E-state index contributed by atoms with van der Waals surface area (Å²) in [4.78, 5) is 16.2. The van der Waals surface area contributed by atoms with Crippen LogP contribution in [0.15, 0.2) is 30.9 Å². The van der Waals surface area contributed by atoms with E-state index >= 15 is 0 Å². The van der Waals surface area contributed by atoms with Gasteiger partial charge in [-0.2, -0.15) is 10.2 Å². The molecule has 158 valence electrons. The highest BCUT2D eigenvalue weighted by atomic mass is 16.3. The van der Waals surface area contributed by atoms with Gasteiger partial charge in [-0.3, -0.25) is 4.98 Å². The molecule has 0 unspecified atom stereocenters. The number of pyridine rings is 1. The number of H-pyrrole nitrogens is 1. The zero-order chi connectivity index (χ0) is 21.1. The number of aromatic amines is 1. The van der Waals surface area contributed by atoms with Crippen molar-refractivity contribution in [3.63, 3.8) is 0 Å². The van der Waals surface area contributed by atoms with Crippen molar-refractivity contribution in [3.8, 4) is 6.07 Å². The van der Waals surface area contributed by atoms with Crippen LogP contribution in [0.3, 0.4) is 0 Å². The summed E-state index contributed by atoms with van der Waals surface area (Å²) in [6, 6.07) is 4.33. The number of aliphatic hydroxyl groups excluding tert-OH is 1. The Balaban J connectivity index is 0.00000272. The van der Waals surface area contributed by atoms with Crippen molar-refractivity contribution in [1.29, 1.82) is 5.26 Å². The summed E-state index contributed by atoms with van der Waals surface area (Å²) in [5.41, 5.74) is 2.49. The molecule has 0 aliphatic heterocycles. The summed E-state index contributed by atoms with van der Waals surface area (Å²) in [6.45, 7) is 4.82. The molecule has 1 fully saturated rings. The average molecular weight is 408 g/mol. The molecule has 0 saturated heterocycles. The highest BCUT2D eigenvalue weighted by Gasteiger charge is 2.35. The van der Waals surface area contributed by atoms with E-state index in [0.717, 1.165) is 36.6 Å².